The summed E-state index contributed by atoms with van der Waals surface area (Å²) in [4.78, 5) is 0. The average molecular weight is 235 g/mol. The Hall–Kier alpha value is -1.44. The molecule has 1 aromatic rings. The van der Waals surface area contributed by atoms with Crippen LogP contribution in [0.1, 0.15) is 24.0 Å². The number of hydrogen-bond acceptors (Lipinski definition) is 3. The van der Waals surface area contributed by atoms with Crippen molar-refractivity contribution in [1.29, 1.82) is 5.26 Å². The van der Waals surface area contributed by atoms with E-state index in [2.05, 4.69) is 0 Å². The Kier molecular flexibility index (Phi) is 4.08. The SMILES string of the molecule is N#Cc1cc(COC2CCOCC2)ccc1F. The molecule has 4 heteroatoms. The molecule has 0 N–H and O–H groups in total. The lowest BCUT2D eigenvalue weighted by atomic mass is 10.1. The van der Waals surface area contributed by atoms with Crippen LogP contribution in [0.25, 0.3) is 0 Å². The molecule has 0 unspecified atom stereocenters. The second-order valence-corrected chi connectivity index (χ2v) is 4.05. The Morgan fingerprint density at radius 2 is 2.18 bits per heavy atom. The van der Waals surface area contributed by atoms with Crippen molar-refractivity contribution >= 4 is 0 Å². The first kappa shape index (κ1) is 12.0. The highest BCUT2D eigenvalue weighted by molar-refractivity contribution is 5.34. The molecule has 1 heterocycles. The Balaban J connectivity index is 1.92. The van der Waals surface area contributed by atoms with Gasteiger partial charge in [0.2, 0.25) is 0 Å². The van der Waals surface area contributed by atoms with Gasteiger partial charge in [0.1, 0.15) is 11.9 Å². The minimum absolute atomic E-state index is 0.0677. The Labute approximate surface area is 99.8 Å². The largest absolute Gasteiger partial charge is 0.381 e. The first-order valence-corrected chi connectivity index (χ1v) is 5.67. The monoisotopic (exact) mass is 235 g/mol. The third-order valence-electron chi connectivity index (χ3n) is 2.81. The van der Waals surface area contributed by atoms with Crippen molar-refractivity contribution in [2.24, 2.45) is 0 Å². The topological polar surface area (TPSA) is 42.2 Å². The van der Waals surface area contributed by atoms with E-state index >= 15 is 0 Å². The van der Waals surface area contributed by atoms with Crippen molar-refractivity contribution in [3.05, 3.63) is 35.1 Å². The molecule has 17 heavy (non-hydrogen) atoms. The lowest BCUT2D eigenvalue weighted by molar-refractivity contribution is -0.0390. The van der Waals surface area contributed by atoms with Crippen LogP contribution in [0, 0.1) is 17.1 Å². The van der Waals surface area contributed by atoms with E-state index in [-0.39, 0.29) is 11.7 Å². The molecule has 0 amide bonds. The number of ether oxygens (including phenoxy) is 2. The lowest BCUT2D eigenvalue weighted by Crippen LogP contribution is -2.23. The first-order chi connectivity index (χ1) is 8.29. The highest BCUT2D eigenvalue weighted by Gasteiger charge is 2.14. The van der Waals surface area contributed by atoms with Crippen molar-refractivity contribution in [3.8, 4) is 6.07 Å². The molecule has 0 aromatic heterocycles. The quantitative estimate of drug-likeness (QED) is 0.807. The van der Waals surface area contributed by atoms with Crippen LogP contribution in [-0.2, 0) is 16.1 Å². The van der Waals surface area contributed by atoms with E-state index in [4.69, 9.17) is 14.7 Å². The summed E-state index contributed by atoms with van der Waals surface area (Å²) in [5.74, 6) is -0.484. The van der Waals surface area contributed by atoms with Crippen molar-refractivity contribution in [2.75, 3.05) is 13.2 Å². The van der Waals surface area contributed by atoms with Gasteiger partial charge in [-0.2, -0.15) is 5.26 Å². The summed E-state index contributed by atoms with van der Waals surface area (Å²) < 4.78 is 24.0. The Morgan fingerprint density at radius 3 is 2.88 bits per heavy atom. The molecule has 1 aliphatic rings. The van der Waals surface area contributed by atoms with Gasteiger partial charge in [-0.25, -0.2) is 4.39 Å². The smallest absolute Gasteiger partial charge is 0.140 e. The standard InChI is InChI=1S/C13H14FNO2/c14-13-2-1-10(7-11(13)8-15)9-17-12-3-5-16-6-4-12/h1-2,7,12H,3-6,9H2. The van der Waals surface area contributed by atoms with Gasteiger partial charge in [-0.1, -0.05) is 6.07 Å². The number of benzene rings is 1. The van der Waals surface area contributed by atoms with Crippen molar-refractivity contribution in [3.63, 3.8) is 0 Å². The summed E-state index contributed by atoms with van der Waals surface area (Å²) in [6.45, 7) is 1.88. The molecular weight excluding hydrogens is 221 g/mol. The zero-order chi connectivity index (χ0) is 12.1. The maximum atomic E-state index is 13.1. The molecule has 0 atom stereocenters. The molecule has 0 saturated carbocycles. The van der Waals surface area contributed by atoms with Crippen LogP contribution >= 0.6 is 0 Å². The number of nitrogens with zero attached hydrogens (tertiary/aromatic N) is 1. The highest BCUT2D eigenvalue weighted by Crippen LogP contribution is 2.15. The zero-order valence-electron chi connectivity index (χ0n) is 9.49. The molecule has 1 saturated heterocycles. The zero-order valence-corrected chi connectivity index (χ0v) is 9.49. The van der Waals surface area contributed by atoms with Gasteiger partial charge in [0.15, 0.2) is 0 Å². The summed E-state index contributed by atoms with van der Waals surface area (Å²) in [5, 5.41) is 8.71. The van der Waals surface area contributed by atoms with Crippen molar-refractivity contribution in [2.45, 2.75) is 25.6 Å². The van der Waals surface area contributed by atoms with E-state index in [1.54, 1.807) is 6.07 Å². The summed E-state index contributed by atoms with van der Waals surface area (Å²) in [6, 6.07) is 6.31. The maximum absolute atomic E-state index is 13.1. The summed E-state index contributed by atoms with van der Waals surface area (Å²) in [6.07, 6.45) is 2.00. The number of halogens is 1. The molecular formula is C13H14FNO2. The second-order valence-electron chi connectivity index (χ2n) is 4.05. The highest BCUT2D eigenvalue weighted by atomic mass is 19.1. The van der Waals surface area contributed by atoms with Crippen LogP contribution in [0.3, 0.4) is 0 Å². The van der Waals surface area contributed by atoms with Crippen molar-refractivity contribution in [1.82, 2.24) is 0 Å². The number of nitriles is 1. The van der Waals surface area contributed by atoms with Gasteiger partial charge in [-0.05, 0) is 30.5 Å². The van der Waals surface area contributed by atoms with E-state index in [1.807, 2.05) is 6.07 Å². The molecule has 3 nitrogen and oxygen atoms in total. The number of rotatable bonds is 3. The third-order valence-corrected chi connectivity index (χ3v) is 2.81. The van der Waals surface area contributed by atoms with Crippen molar-refractivity contribution < 1.29 is 13.9 Å². The van der Waals surface area contributed by atoms with Crippen LogP contribution < -0.4 is 0 Å². The molecule has 90 valence electrons. The third kappa shape index (κ3) is 3.26. The van der Waals surface area contributed by atoms with E-state index in [0.29, 0.717) is 6.61 Å². The molecule has 0 spiro atoms. The molecule has 2 rings (SSSR count). The summed E-state index contributed by atoms with van der Waals surface area (Å²) in [7, 11) is 0. The van der Waals surface area contributed by atoms with E-state index < -0.39 is 5.82 Å². The second kappa shape index (κ2) is 5.76. The van der Waals surface area contributed by atoms with E-state index in [0.717, 1.165) is 31.6 Å². The fourth-order valence-electron chi connectivity index (χ4n) is 1.80. The molecule has 1 fully saturated rings. The first-order valence-electron chi connectivity index (χ1n) is 5.67. The molecule has 0 bridgehead atoms. The number of hydrogen-bond donors (Lipinski definition) is 0. The van der Waals surface area contributed by atoms with Gasteiger partial charge >= 0.3 is 0 Å². The predicted molar refractivity (Wildman–Crippen MR) is 59.7 cm³/mol. The van der Waals surface area contributed by atoms with Gasteiger partial charge in [-0.15, -0.1) is 0 Å². The maximum Gasteiger partial charge on any atom is 0.140 e. The van der Waals surface area contributed by atoms with Gasteiger partial charge < -0.3 is 9.47 Å². The molecule has 1 aliphatic heterocycles. The fourth-order valence-corrected chi connectivity index (χ4v) is 1.80. The van der Waals surface area contributed by atoms with Crippen LogP contribution in [0.4, 0.5) is 4.39 Å². The normalized spacial score (nSPS) is 16.7. The summed E-state index contributed by atoms with van der Waals surface area (Å²) in [5.41, 5.74) is 0.896. The van der Waals surface area contributed by atoms with E-state index in [9.17, 15) is 4.39 Å². The fraction of sp³-hybridized carbons (Fsp3) is 0.462. The van der Waals surface area contributed by atoms with Crippen LogP contribution in [0.15, 0.2) is 18.2 Å². The average Bonchev–Trinajstić information content (AvgIpc) is 2.39. The minimum atomic E-state index is -0.484. The van der Waals surface area contributed by atoms with Gasteiger partial charge in [-0.3, -0.25) is 0 Å². The lowest BCUT2D eigenvalue weighted by Gasteiger charge is -2.22. The molecule has 0 aliphatic carbocycles. The van der Waals surface area contributed by atoms with Crippen LogP contribution in [0.5, 0.6) is 0 Å². The Bertz CT molecular complexity index is 422. The van der Waals surface area contributed by atoms with Crippen LogP contribution in [-0.4, -0.2) is 19.3 Å². The van der Waals surface area contributed by atoms with Gasteiger partial charge in [0.25, 0.3) is 0 Å². The molecule has 1 aromatic carbocycles. The van der Waals surface area contributed by atoms with Gasteiger partial charge in [0, 0.05) is 13.2 Å². The predicted octanol–water partition coefficient (Wildman–Crippen LogP) is 2.39. The minimum Gasteiger partial charge on any atom is -0.381 e. The summed E-state index contributed by atoms with van der Waals surface area (Å²) >= 11 is 0. The molecule has 0 radical (unpaired) electrons. The van der Waals surface area contributed by atoms with Gasteiger partial charge in [0.05, 0.1) is 18.3 Å². The van der Waals surface area contributed by atoms with E-state index in [1.165, 1.54) is 12.1 Å². The Morgan fingerprint density at radius 1 is 1.41 bits per heavy atom. The van der Waals surface area contributed by atoms with Crippen LogP contribution in [0.2, 0.25) is 0 Å².